The Labute approximate surface area is 85.8 Å². The van der Waals surface area contributed by atoms with Crippen LogP contribution in [0.5, 0.6) is 0 Å². The Hall–Kier alpha value is -2.24. The molecule has 1 amide bonds. The van der Waals surface area contributed by atoms with E-state index >= 15 is 0 Å². The van der Waals surface area contributed by atoms with Crippen LogP contribution in [0.3, 0.4) is 0 Å². The van der Waals surface area contributed by atoms with E-state index in [-0.39, 0.29) is 5.69 Å². The van der Waals surface area contributed by atoms with Crippen molar-refractivity contribution < 1.29 is 9.72 Å². The number of non-ortho nitro benzene ring substituents is 1. The van der Waals surface area contributed by atoms with E-state index in [0.717, 1.165) is 0 Å². The van der Waals surface area contributed by atoms with Crippen molar-refractivity contribution in [1.29, 1.82) is 0 Å². The molecular formula is C9H8N3O3. The van der Waals surface area contributed by atoms with Crippen molar-refractivity contribution in [3.05, 3.63) is 46.9 Å². The number of nitro groups is 1. The van der Waals surface area contributed by atoms with Gasteiger partial charge in [-0.1, -0.05) is 0 Å². The van der Waals surface area contributed by atoms with Gasteiger partial charge in [-0.2, -0.15) is 5.10 Å². The maximum absolute atomic E-state index is 10.4. The highest BCUT2D eigenvalue weighted by molar-refractivity contribution is 5.84. The molecule has 0 saturated heterocycles. The van der Waals surface area contributed by atoms with Crippen LogP contribution in [0.25, 0.3) is 0 Å². The summed E-state index contributed by atoms with van der Waals surface area (Å²) >= 11 is 0. The molecule has 15 heavy (non-hydrogen) atoms. The minimum absolute atomic E-state index is 0.00773. The normalized spacial score (nSPS) is 10.2. The Morgan fingerprint density at radius 3 is 2.53 bits per heavy atom. The van der Waals surface area contributed by atoms with E-state index in [0.29, 0.717) is 5.56 Å². The SMILES string of the molecule is [CH2]C(=O)NN=Cc1ccc([N+](=O)[O-])cc1. The van der Waals surface area contributed by atoms with E-state index in [4.69, 9.17) is 0 Å². The first-order chi connectivity index (χ1) is 7.09. The van der Waals surface area contributed by atoms with Gasteiger partial charge in [-0.05, 0) is 17.7 Å². The number of nitro benzene ring substituents is 1. The molecule has 0 aliphatic heterocycles. The fourth-order valence-corrected chi connectivity index (χ4v) is 0.861. The molecular weight excluding hydrogens is 198 g/mol. The monoisotopic (exact) mass is 206 g/mol. The zero-order valence-corrected chi connectivity index (χ0v) is 7.71. The Bertz CT molecular complexity index is 398. The third-order valence-electron chi connectivity index (χ3n) is 1.51. The van der Waals surface area contributed by atoms with Gasteiger partial charge in [0, 0.05) is 19.1 Å². The van der Waals surface area contributed by atoms with Crippen molar-refractivity contribution in [3.8, 4) is 0 Å². The third kappa shape index (κ3) is 3.55. The van der Waals surface area contributed by atoms with E-state index < -0.39 is 10.8 Å². The third-order valence-corrected chi connectivity index (χ3v) is 1.51. The Morgan fingerprint density at radius 2 is 2.07 bits per heavy atom. The van der Waals surface area contributed by atoms with Crippen LogP contribution in [0.15, 0.2) is 29.4 Å². The van der Waals surface area contributed by atoms with E-state index in [1.165, 1.54) is 30.5 Å². The second-order valence-corrected chi connectivity index (χ2v) is 2.64. The molecule has 1 radical (unpaired) electrons. The number of amides is 1. The predicted octanol–water partition coefficient (Wildman–Crippen LogP) is 0.879. The van der Waals surface area contributed by atoms with Gasteiger partial charge in [0.15, 0.2) is 0 Å². The summed E-state index contributed by atoms with van der Waals surface area (Å²) in [4.78, 5) is 20.2. The summed E-state index contributed by atoms with van der Waals surface area (Å²) in [6.45, 7) is 3.05. The molecule has 0 fully saturated rings. The fourth-order valence-electron chi connectivity index (χ4n) is 0.861. The molecule has 77 valence electrons. The number of nitrogens with one attached hydrogen (secondary N) is 1. The first kappa shape index (κ1) is 10.8. The number of rotatable bonds is 3. The summed E-state index contributed by atoms with van der Waals surface area (Å²) in [5.74, 6) is -0.520. The second-order valence-electron chi connectivity index (χ2n) is 2.64. The van der Waals surface area contributed by atoms with Crippen LogP contribution >= 0.6 is 0 Å². The molecule has 1 rings (SSSR count). The highest BCUT2D eigenvalue weighted by atomic mass is 16.6. The Morgan fingerprint density at radius 1 is 1.47 bits per heavy atom. The molecule has 1 aromatic carbocycles. The lowest BCUT2D eigenvalue weighted by molar-refractivity contribution is -0.384. The molecule has 6 heteroatoms. The zero-order chi connectivity index (χ0) is 11.3. The van der Waals surface area contributed by atoms with Gasteiger partial charge in [0.1, 0.15) is 0 Å². The highest BCUT2D eigenvalue weighted by Gasteiger charge is 2.02. The molecule has 0 bridgehead atoms. The van der Waals surface area contributed by atoms with Gasteiger partial charge in [0.05, 0.1) is 11.1 Å². The lowest BCUT2D eigenvalue weighted by Gasteiger charge is -1.93. The van der Waals surface area contributed by atoms with Crippen LogP contribution in [0, 0.1) is 17.0 Å². The van der Waals surface area contributed by atoms with Crippen LogP contribution in [-0.2, 0) is 4.79 Å². The number of benzene rings is 1. The van der Waals surface area contributed by atoms with Crippen molar-refractivity contribution in [2.45, 2.75) is 0 Å². The van der Waals surface area contributed by atoms with Gasteiger partial charge < -0.3 is 0 Å². The fraction of sp³-hybridized carbons (Fsp3) is 0. The maximum Gasteiger partial charge on any atom is 0.269 e. The van der Waals surface area contributed by atoms with Crippen molar-refractivity contribution in [1.82, 2.24) is 5.43 Å². The van der Waals surface area contributed by atoms with Crippen LogP contribution < -0.4 is 5.43 Å². The first-order valence-electron chi connectivity index (χ1n) is 3.99. The van der Waals surface area contributed by atoms with Crippen LogP contribution in [0.2, 0.25) is 0 Å². The summed E-state index contributed by atoms with van der Waals surface area (Å²) in [5, 5.41) is 13.9. The van der Waals surface area contributed by atoms with Gasteiger partial charge >= 0.3 is 0 Å². The van der Waals surface area contributed by atoms with E-state index in [9.17, 15) is 14.9 Å². The number of hydrazone groups is 1. The number of carbonyl (C=O) groups is 1. The molecule has 6 nitrogen and oxygen atoms in total. The van der Waals surface area contributed by atoms with Gasteiger partial charge in [-0.3, -0.25) is 14.9 Å². The number of carbonyl (C=O) groups excluding carboxylic acids is 1. The van der Waals surface area contributed by atoms with Crippen LogP contribution in [-0.4, -0.2) is 17.0 Å². The topological polar surface area (TPSA) is 84.6 Å². The minimum atomic E-state index is -0.520. The second kappa shape index (κ2) is 4.85. The minimum Gasteiger partial charge on any atom is -0.273 e. The first-order valence-corrected chi connectivity index (χ1v) is 3.99. The number of nitrogens with zero attached hydrogens (tertiary/aromatic N) is 2. The van der Waals surface area contributed by atoms with Crippen molar-refractivity contribution >= 4 is 17.8 Å². The standard InChI is InChI=1S/C9H8N3O3/c1-7(13)11-10-6-8-2-4-9(5-3-8)12(14)15/h2-6H,1H2,(H,11,13). The van der Waals surface area contributed by atoms with Crippen LogP contribution in [0.1, 0.15) is 5.56 Å². The molecule has 1 N–H and O–H groups in total. The summed E-state index contributed by atoms with van der Waals surface area (Å²) in [6.07, 6.45) is 1.37. The molecule has 0 saturated carbocycles. The molecule has 1 aromatic rings. The molecule has 0 aromatic heterocycles. The summed E-state index contributed by atoms with van der Waals surface area (Å²) < 4.78 is 0. The lowest BCUT2D eigenvalue weighted by Crippen LogP contribution is -2.12. The molecule has 0 aliphatic rings. The van der Waals surface area contributed by atoms with Crippen LogP contribution in [0.4, 0.5) is 5.69 Å². The van der Waals surface area contributed by atoms with E-state index in [2.05, 4.69) is 17.5 Å². The Kier molecular flexibility index (Phi) is 3.50. The van der Waals surface area contributed by atoms with Gasteiger partial charge in [-0.25, -0.2) is 5.43 Å². The summed E-state index contributed by atoms with van der Waals surface area (Å²) in [5.41, 5.74) is 2.77. The molecule has 0 atom stereocenters. The van der Waals surface area contributed by atoms with Crippen molar-refractivity contribution in [2.24, 2.45) is 5.10 Å². The maximum atomic E-state index is 10.4. The molecule has 0 heterocycles. The molecule has 0 spiro atoms. The van der Waals surface area contributed by atoms with E-state index in [1.807, 2.05) is 0 Å². The van der Waals surface area contributed by atoms with Gasteiger partial charge in [0.2, 0.25) is 5.91 Å². The van der Waals surface area contributed by atoms with E-state index in [1.54, 1.807) is 0 Å². The van der Waals surface area contributed by atoms with Gasteiger partial charge in [-0.15, -0.1) is 0 Å². The average molecular weight is 206 g/mol. The summed E-state index contributed by atoms with van der Waals surface area (Å²) in [6, 6.07) is 5.76. The van der Waals surface area contributed by atoms with Crippen molar-refractivity contribution in [3.63, 3.8) is 0 Å². The molecule has 0 unspecified atom stereocenters. The average Bonchev–Trinajstić information content (AvgIpc) is 2.18. The quantitative estimate of drug-likeness (QED) is 0.452. The smallest absolute Gasteiger partial charge is 0.269 e. The Balaban J connectivity index is 2.68. The lowest BCUT2D eigenvalue weighted by atomic mass is 10.2. The number of hydrogen-bond acceptors (Lipinski definition) is 4. The van der Waals surface area contributed by atoms with Crippen molar-refractivity contribution in [2.75, 3.05) is 0 Å². The number of hydrogen-bond donors (Lipinski definition) is 1. The highest BCUT2D eigenvalue weighted by Crippen LogP contribution is 2.10. The summed E-state index contributed by atoms with van der Waals surface area (Å²) in [7, 11) is 0. The molecule has 0 aliphatic carbocycles. The predicted molar refractivity (Wildman–Crippen MR) is 54.2 cm³/mol. The zero-order valence-electron chi connectivity index (χ0n) is 7.71. The van der Waals surface area contributed by atoms with Gasteiger partial charge in [0.25, 0.3) is 5.69 Å². The largest absolute Gasteiger partial charge is 0.273 e.